The van der Waals surface area contributed by atoms with Crippen molar-refractivity contribution in [2.24, 2.45) is 0 Å². The van der Waals surface area contributed by atoms with E-state index >= 15 is 0 Å². The van der Waals surface area contributed by atoms with E-state index in [0.29, 0.717) is 11.1 Å². The summed E-state index contributed by atoms with van der Waals surface area (Å²) in [4.78, 5) is 11.5. The zero-order valence-corrected chi connectivity index (χ0v) is 11.2. The molecule has 1 saturated heterocycles. The van der Waals surface area contributed by atoms with Crippen LogP contribution in [-0.2, 0) is 0 Å². The molecule has 4 heteroatoms. The van der Waals surface area contributed by atoms with Crippen LogP contribution >= 0.6 is 11.6 Å². The van der Waals surface area contributed by atoms with E-state index in [-0.39, 0.29) is 0 Å². The maximum Gasteiger partial charge on any atom is 0.140 e. The van der Waals surface area contributed by atoms with Crippen molar-refractivity contribution in [2.45, 2.75) is 18.8 Å². The maximum absolute atomic E-state index is 6.25. The van der Waals surface area contributed by atoms with E-state index in [1.165, 1.54) is 0 Å². The first kappa shape index (κ1) is 11.9. The van der Waals surface area contributed by atoms with Crippen molar-refractivity contribution >= 4 is 22.5 Å². The lowest BCUT2D eigenvalue weighted by atomic mass is 9.96. The number of hydrogen-bond donors (Lipinski definition) is 0. The summed E-state index contributed by atoms with van der Waals surface area (Å²) in [5.74, 6) is 1.36. The van der Waals surface area contributed by atoms with Crippen molar-refractivity contribution in [1.29, 1.82) is 0 Å². The Balaban J connectivity index is 1.97. The maximum atomic E-state index is 6.25. The molecule has 1 aliphatic rings. The number of piperidine rings is 1. The van der Waals surface area contributed by atoms with Crippen LogP contribution < -0.4 is 0 Å². The van der Waals surface area contributed by atoms with Crippen molar-refractivity contribution in [1.82, 2.24) is 14.9 Å². The lowest BCUT2D eigenvalue weighted by molar-refractivity contribution is 0.251. The highest BCUT2D eigenvalue weighted by Crippen LogP contribution is 2.28. The van der Waals surface area contributed by atoms with Crippen LogP contribution in [0.15, 0.2) is 24.3 Å². The number of rotatable bonds is 1. The molecule has 94 valence electrons. The molecule has 0 spiro atoms. The Morgan fingerprint density at radius 2 is 1.89 bits per heavy atom. The number of fused-ring (bicyclic) bond motifs is 1. The largest absolute Gasteiger partial charge is 0.306 e. The van der Waals surface area contributed by atoms with Crippen molar-refractivity contribution in [3.8, 4) is 0 Å². The first-order valence-electron chi connectivity index (χ1n) is 6.35. The van der Waals surface area contributed by atoms with Crippen LogP contribution in [0.2, 0.25) is 5.15 Å². The zero-order chi connectivity index (χ0) is 12.5. The lowest BCUT2D eigenvalue weighted by Crippen LogP contribution is -2.29. The lowest BCUT2D eigenvalue weighted by Gasteiger charge is -2.28. The van der Waals surface area contributed by atoms with E-state index in [2.05, 4.69) is 21.9 Å². The van der Waals surface area contributed by atoms with Crippen molar-refractivity contribution < 1.29 is 0 Å². The van der Waals surface area contributed by atoms with Gasteiger partial charge >= 0.3 is 0 Å². The molecule has 1 aromatic carbocycles. The van der Waals surface area contributed by atoms with Crippen molar-refractivity contribution in [2.75, 3.05) is 20.1 Å². The van der Waals surface area contributed by atoms with Crippen LogP contribution in [0, 0.1) is 0 Å². The highest BCUT2D eigenvalue weighted by atomic mass is 35.5. The van der Waals surface area contributed by atoms with Gasteiger partial charge in [0.15, 0.2) is 0 Å². The van der Waals surface area contributed by atoms with Crippen molar-refractivity contribution in [3.63, 3.8) is 0 Å². The fraction of sp³-hybridized carbons (Fsp3) is 0.429. The Morgan fingerprint density at radius 3 is 2.67 bits per heavy atom. The van der Waals surface area contributed by atoms with Gasteiger partial charge in [-0.1, -0.05) is 23.7 Å². The summed E-state index contributed by atoms with van der Waals surface area (Å²) in [6.07, 6.45) is 2.23. The third kappa shape index (κ3) is 2.20. The number of benzene rings is 1. The Kier molecular flexibility index (Phi) is 3.18. The SMILES string of the molecule is CN1CCC(c2nc(Cl)c3ccccc3n2)CC1. The smallest absolute Gasteiger partial charge is 0.140 e. The Labute approximate surface area is 112 Å². The van der Waals surface area contributed by atoms with E-state index in [0.717, 1.165) is 42.7 Å². The summed E-state index contributed by atoms with van der Waals surface area (Å²) in [5.41, 5.74) is 0.950. The summed E-state index contributed by atoms with van der Waals surface area (Å²) < 4.78 is 0. The minimum Gasteiger partial charge on any atom is -0.306 e. The summed E-state index contributed by atoms with van der Waals surface area (Å²) in [7, 11) is 2.16. The number of aromatic nitrogens is 2. The molecule has 0 N–H and O–H groups in total. The van der Waals surface area contributed by atoms with Crippen LogP contribution in [-0.4, -0.2) is 35.0 Å². The molecule has 0 unspecified atom stereocenters. The van der Waals surface area contributed by atoms with Crippen LogP contribution in [0.5, 0.6) is 0 Å². The van der Waals surface area contributed by atoms with Gasteiger partial charge in [-0.3, -0.25) is 0 Å². The minimum absolute atomic E-state index is 0.448. The molecule has 1 aromatic heterocycles. The van der Waals surface area contributed by atoms with Gasteiger partial charge in [-0.05, 0) is 45.1 Å². The molecule has 2 heterocycles. The highest BCUT2D eigenvalue weighted by molar-refractivity contribution is 6.34. The normalized spacial score (nSPS) is 18.3. The third-order valence-electron chi connectivity index (χ3n) is 3.66. The van der Waals surface area contributed by atoms with Gasteiger partial charge in [0.2, 0.25) is 0 Å². The van der Waals surface area contributed by atoms with Gasteiger partial charge in [0, 0.05) is 11.3 Å². The molecule has 1 fully saturated rings. The molecule has 1 aliphatic heterocycles. The average molecular weight is 262 g/mol. The quantitative estimate of drug-likeness (QED) is 0.739. The fourth-order valence-electron chi connectivity index (χ4n) is 2.50. The molecule has 0 amide bonds. The molecule has 0 atom stereocenters. The van der Waals surface area contributed by atoms with Crippen LogP contribution in [0.1, 0.15) is 24.6 Å². The Hall–Kier alpha value is -1.19. The van der Waals surface area contributed by atoms with Gasteiger partial charge in [0.05, 0.1) is 5.52 Å². The molecule has 18 heavy (non-hydrogen) atoms. The second-order valence-electron chi connectivity index (χ2n) is 4.97. The van der Waals surface area contributed by atoms with E-state index in [4.69, 9.17) is 11.6 Å². The number of nitrogens with zero attached hydrogens (tertiary/aromatic N) is 3. The molecule has 0 bridgehead atoms. The second-order valence-corrected chi connectivity index (χ2v) is 5.33. The van der Waals surface area contributed by atoms with Crippen LogP contribution in [0.3, 0.4) is 0 Å². The number of halogens is 1. The first-order chi connectivity index (χ1) is 8.74. The molecular weight excluding hydrogens is 246 g/mol. The summed E-state index contributed by atoms with van der Waals surface area (Å²) in [5, 5.41) is 1.52. The van der Waals surface area contributed by atoms with Gasteiger partial charge in [-0.25, -0.2) is 9.97 Å². The third-order valence-corrected chi connectivity index (χ3v) is 3.95. The van der Waals surface area contributed by atoms with Gasteiger partial charge in [0.25, 0.3) is 0 Å². The fourth-order valence-corrected chi connectivity index (χ4v) is 2.75. The molecule has 0 radical (unpaired) electrons. The molecular formula is C14H16ClN3. The Bertz CT molecular complexity index is 562. The first-order valence-corrected chi connectivity index (χ1v) is 6.72. The number of hydrogen-bond acceptors (Lipinski definition) is 3. The molecule has 0 aliphatic carbocycles. The van der Waals surface area contributed by atoms with E-state index in [9.17, 15) is 0 Å². The number of likely N-dealkylation sites (tertiary alicyclic amines) is 1. The topological polar surface area (TPSA) is 29.0 Å². The van der Waals surface area contributed by atoms with Gasteiger partial charge in [-0.2, -0.15) is 0 Å². The highest BCUT2D eigenvalue weighted by Gasteiger charge is 2.21. The van der Waals surface area contributed by atoms with Crippen LogP contribution in [0.25, 0.3) is 10.9 Å². The monoisotopic (exact) mass is 261 g/mol. The molecule has 2 aromatic rings. The predicted octanol–water partition coefficient (Wildman–Crippen LogP) is 3.09. The molecule has 0 saturated carbocycles. The minimum atomic E-state index is 0.448. The second kappa shape index (κ2) is 4.82. The summed E-state index contributed by atoms with van der Waals surface area (Å²) in [6.45, 7) is 2.22. The molecule has 3 rings (SSSR count). The van der Waals surface area contributed by atoms with E-state index < -0.39 is 0 Å². The Morgan fingerprint density at radius 1 is 1.17 bits per heavy atom. The zero-order valence-electron chi connectivity index (χ0n) is 10.4. The number of para-hydroxylation sites is 1. The molecule has 3 nitrogen and oxygen atoms in total. The summed E-state index contributed by atoms with van der Waals surface area (Å²) >= 11 is 6.25. The average Bonchev–Trinajstić information content (AvgIpc) is 2.39. The van der Waals surface area contributed by atoms with Crippen LogP contribution in [0.4, 0.5) is 0 Å². The van der Waals surface area contributed by atoms with E-state index in [1.807, 2.05) is 24.3 Å². The van der Waals surface area contributed by atoms with E-state index in [1.54, 1.807) is 0 Å². The standard InChI is InChI=1S/C14H16ClN3/c1-18-8-6-10(7-9-18)14-16-12-5-3-2-4-11(12)13(15)17-14/h2-5,10H,6-9H2,1H3. The summed E-state index contributed by atoms with van der Waals surface area (Å²) in [6, 6.07) is 7.92. The van der Waals surface area contributed by atoms with Gasteiger partial charge in [-0.15, -0.1) is 0 Å². The van der Waals surface area contributed by atoms with Gasteiger partial charge < -0.3 is 4.90 Å². The van der Waals surface area contributed by atoms with Crippen molar-refractivity contribution in [3.05, 3.63) is 35.2 Å². The predicted molar refractivity (Wildman–Crippen MR) is 74.0 cm³/mol. The van der Waals surface area contributed by atoms with Gasteiger partial charge in [0.1, 0.15) is 11.0 Å².